The molecule has 0 amide bonds. The number of hydrogen-bond acceptors (Lipinski definition) is 6. The molecule has 2 aromatic heterocycles. The van der Waals surface area contributed by atoms with E-state index in [0.717, 1.165) is 5.69 Å². The van der Waals surface area contributed by atoms with Crippen molar-refractivity contribution in [1.29, 1.82) is 0 Å². The van der Waals surface area contributed by atoms with Crippen LogP contribution in [0.4, 0.5) is 0 Å². The topological polar surface area (TPSA) is 122 Å². The molecule has 0 radical (unpaired) electrons. The predicted octanol–water partition coefficient (Wildman–Crippen LogP) is 0.258. The average molecular weight is 315 g/mol. The molecule has 0 aliphatic heterocycles. The van der Waals surface area contributed by atoms with Gasteiger partial charge < -0.3 is 24.4 Å². The summed E-state index contributed by atoms with van der Waals surface area (Å²) >= 11 is 0. The van der Waals surface area contributed by atoms with Gasteiger partial charge in [0.05, 0.1) is 18.6 Å². The van der Waals surface area contributed by atoms with Gasteiger partial charge in [-0.25, -0.2) is 15.0 Å². The van der Waals surface area contributed by atoms with Gasteiger partial charge in [0.1, 0.15) is 18.2 Å². The minimum Gasteiger partial charge on any atom is -0.367 e. The predicted molar refractivity (Wildman–Crippen MR) is 75.7 cm³/mol. The maximum atomic E-state index is 10.7. The van der Waals surface area contributed by atoms with Crippen LogP contribution in [0.2, 0.25) is 0 Å². The van der Waals surface area contributed by atoms with E-state index < -0.39 is 13.9 Å². The molecular formula is C11H18N5O4P. The number of nitrogens with one attached hydrogen (secondary N) is 1. The van der Waals surface area contributed by atoms with Crippen LogP contribution in [0.5, 0.6) is 0 Å². The molecule has 0 aromatic carbocycles. The molecule has 3 N–H and O–H groups in total. The van der Waals surface area contributed by atoms with Crippen molar-refractivity contribution in [2.75, 3.05) is 20.0 Å². The summed E-state index contributed by atoms with van der Waals surface area (Å²) in [6.07, 6.45) is 2.50. The van der Waals surface area contributed by atoms with Gasteiger partial charge in [0, 0.05) is 12.6 Å². The summed E-state index contributed by atoms with van der Waals surface area (Å²) in [6, 6.07) is 0.0461. The van der Waals surface area contributed by atoms with Crippen molar-refractivity contribution in [2.24, 2.45) is 0 Å². The maximum Gasteiger partial charge on any atom is 0.350 e. The molecule has 0 saturated carbocycles. The Kier molecular flexibility index (Phi) is 5.02. The second kappa shape index (κ2) is 6.59. The first-order valence-electron chi connectivity index (χ1n) is 6.37. The van der Waals surface area contributed by atoms with Gasteiger partial charge in [-0.2, -0.15) is 0 Å². The molecule has 10 heteroatoms. The number of nitrogens with zero attached hydrogens (tertiary/aromatic N) is 4. The largest absolute Gasteiger partial charge is 0.367 e. The zero-order valence-electron chi connectivity index (χ0n) is 11.8. The third-order valence-corrected chi connectivity index (χ3v) is 3.53. The molecule has 2 heterocycles. The lowest BCUT2D eigenvalue weighted by Crippen LogP contribution is -2.14. The summed E-state index contributed by atoms with van der Waals surface area (Å²) in [4.78, 5) is 30.2. The lowest BCUT2D eigenvalue weighted by molar-refractivity contribution is 0.149. The fraction of sp³-hybridized carbons (Fsp3) is 0.545. The SMILES string of the molecule is CNC(C)c1ncnc2c1ncn2CCOCP(=O)(O)O. The molecule has 0 aliphatic carbocycles. The summed E-state index contributed by atoms with van der Waals surface area (Å²) in [5, 5.41) is 3.10. The van der Waals surface area contributed by atoms with E-state index in [1.807, 2.05) is 14.0 Å². The molecule has 0 bridgehead atoms. The number of fused-ring (bicyclic) bond motifs is 1. The smallest absolute Gasteiger partial charge is 0.350 e. The van der Waals surface area contributed by atoms with Crippen LogP contribution in [-0.4, -0.2) is 49.3 Å². The molecule has 116 valence electrons. The molecule has 0 aliphatic rings. The van der Waals surface area contributed by atoms with E-state index in [4.69, 9.17) is 14.5 Å². The van der Waals surface area contributed by atoms with Crippen LogP contribution in [-0.2, 0) is 15.8 Å². The second-order valence-electron chi connectivity index (χ2n) is 4.58. The molecule has 2 aromatic rings. The first kappa shape index (κ1) is 16.0. The molecule has 21 heavy (non-hydrogen) atoms. The Morgan fingerprint density at radius 3 is 2.86 bits per heavy atom. The van der Waals surface area contributed by atoms with Gasteiger partial charge in [0.2, 0.25) is 0 Å². The van der Waals surface area contributed by atoms with Crippen molar-refractivity contribution in [2.45, 2.75) is 19.5 Å². The standard InChI is InChI=1S/C11H18N5O4P/c1-8(12-2)9-10-11(14-5-13-9)16(6-15-10)3-4-20-7-21(17,18)19/h5-6,8,12H,3-4,7H2,1-2H3,(H2,17,18,19). The van der Waals surface area contributed by atoms with Crippen molar-refractivity contribution in [3.05, 3.63) is 18.3 Å². The normalized spacial score (nSPS) is 13.7. The summed E-state index contributed by atoms with van der Waals surface area (Å²) in [5.41, 5.74) is 2.17. The Morgan fingerprint density at radius 2 is 2.19 bits per heavy atom. The zero-order chi connectivity index (χ0) is 15.5. The van der Waals surface area contributed by atoms with Crippen molar-refractivity contribution in [3.63, 3.8) is 0 Å². The van der Waals surface area contributed by atoms with Gasteiger partial charge in [-0.05, 0) is 14.0 Å². The van der Waals surface area contributed by atoms with Crippen molar-refractivity contribution in [3.8, 4) is 0 Å². The third kappa shape index (κ3) is 4.05. The number of hydrogen-bond donors (Lipinski definition) is 3. The fourth-order valence-electron chi connectivity index (χ4n) is 1.86. The summed E-state index contributed by atoms with van der Waals surface area (Å²) in [5.74, 6) is 0. The van der Waals surface area contributed by atoms with E-state index in [2.05, 4.69) is 20.3 Å². The molecule has 0 saturated heterocycles. The van der Waals surface area contributed by atoms with E-state index in [1.165, 1.54) is 6.33 Å². The second-order valence-corrected chi connectivity index (χ2v) is 6.17. The minimum atomic E-state index is -4.13. The highest BCUT2D eigenvalue weighted by Crippen LogP contribution is 2.33. The zero-order valence-corrected chi connectivity index (χ0v) is 12.7. The first-order chi connectivity index (χ1) is 9.92. The van der Waals surface area contributed by atoms with E-state index >= 15 is 0 Å². The van der Waals surface area contributed by atoms with Crippen LogP contribution in [0, 0.1) is 0 Å². The molecule has 1 unspecified atom stereocenters. The quantitative estimate of drug-likeness (QED) is 0.491. The van der Waals surface area contributed by atoms with Gasteiger partial charge in [-0.1, -0.05) is 0 Å². The maximum absolute atomic E-state index is 10.7. The Bertz CT molecular complexity index is 655. The average Bonchev–Trinajstić information content (AvgIpc) is 2.85. The van der Waals surface area contributed by atoms with Crippen LogP contribution < -0.4 is 5.32 Å². The van der Waals surface area contributed by atoms with Crippen molar-refractivity contribution >= 4 is 18.8 Å². The van der Waals surface area contributed by atoms with Crippen LogP contribution in [0.25, 0.3) is 11.2 Å². The van der Waals surface area contributed by atoms with Gasteiger partial charge >= 0.3 is 7.60 Å². The van der Waals surface area contributed by atoms with Gasteiger partial charge in [-0.3, -0.25) is 4.57 Å². The highest BCUT2D eigenvalue weighted by Gasteiger charge is 2.15. The van der Waals surface area contributed by atoms with Crippen LogP contribution in [0.3, 0.4) is 0 Å². The third-order valence-electron chi connectivity index (χ3n) is 3.01. The number of ether oxygens (including phenoxy) is 1. The van der Waals surface area contributed by atoms with Gasteiger partial charge in [0.25, 0.3) is 0 Å². The Hall–Kier alpha value is -1.38. The fourth-order valence-corrected chi connectivity index (χ4v) is 2.23. The lowest BCUT2D eigenvalue weighted by atomic mass is 10.2. The van der Waals surface area contributed by atoms with E-state index in [0.29, 0.717) is 17.7 Å². The Morgan fingerprint density at radius 1 is 1.43 bits per heavy atom. The van der Waals surface area contributed by atoms with E-state index in [9.17, 15) is 4.57 Å². The van der Waals surface area contributed by atoms with Crippen molar-refractivity contribution in [1.82, 2.24) is 24.8 Å². The van der Waals surface area contributed by atoms with E-state index in [-0.39, 0.29) is 12.6 Å². The van der Waals surface area contributed by atoms with Crippen LogP contribution in [0.1, 0.15) is 18.7 Å². The highest BCUT2D eigenvalue weighted by atomic mass is 31.2. The molecule has 1 atom stereocenters. The summed E-state index contributed by atoms with van der Waals surface area (Å²) in [7, 11) is -2.29. The molecule has 0 spiro atoms. The van der Waals surface area contributed by atoms with Gasteiger partial charge in [0.15, 0.2) is 5.65 Å². The highest BCUT2D eigenvalue weighted by molar-refractivity contribution is 7.51. The lowest BCUT2D eigenvalue weighted by Gasteiger charge is -2.10. The molecule has 9 nitrogen and oxygen atoms in total. The Balaban J connectivity index is 2.10. The molecule has 2 rings (SSSR count). The van der Waals surface area contributed by atoms with Gasteiger partial charge in [-0.15, -0.1) is 0 Å². The van der Waals surface area contributed by atoms with E-state index in [1.54, 1.807) is 10.9 Å². The van der Waals surface area contributed by atoms with Crippen molar-refractivity contribution < 1.29 is 19.1 Å². The minimum absolute atomic E-state index is 0.0461. The Labute approximate surface area is 121 Å². The number of aromatic nitrogens is 4. The number of rotatable bonds is 7. The number of imidazole rings is 1. The monoisotopic (exact) mass is 315 g/mol. The van der Waals surface area contributed by atoms with Crippen LogP contribution >= 0.6 is 7.60 Å². The summed E-state index contributed by atoms with van der Waals surface area (Å²) in [6.45, 7) is 2.54. The van der Waals surface area contributed by atoms with Crippen LogP contribution in [0.15, 0.2) is 12.7 Å². The first-order valence-corrected chi connectivity index (χ1v) is 8.17. The molecular weight excluding hydrogens is 297 g/mol. The molecule has 0 fully saturated rings. The summed E-state index contributed by atoms with van der Waals surface area (Å²) < 4.78 is 17.4.